The van der Waals surface area contributed by atoms with Crippen molar-refractivity contribution in [3.05, 3.63) is 46.7 Å². The first-order chi connectivity index (χ1) is 17.9. The minimum absolute atomic E-state index is 0.0190. The van der Waals surface area contributed by atoms with Gasteiger partial charge in [-0.3, -0.25) is 9.78 Å². The van der Waals surface area contributed by atoms with Crippen LogP contribution in [0.15, 0.2) is 30.5 Å². The molecule has 5 heterocycles. The van der Waals surface area contributed by atoms with E-state index in [0.29, 0.717) is 65.9 Å². The van der Waals surface area contributed by atoms with E-state index in [2.05, 4.69) is 25.6 Å². The van der Waals surface area contributed by atoms with Crippen LogP contribution in [0, 0.1) is 0 Å². The van der Waals surface area contributed by atoms with Crippen LogP contribution in [0.1, 0.15) is 30.5 Å². The predicted octanol–water partition coefficient (Wildman–Crippen LogP) is 3.25. The number of rotatable bonds is 7. The van der Waals surface area contributed by atoms with E-state index in [1.165, 1.54) is 4.90 Å². The normalized spacial score (nSPS) is 19.2. The molecule has 0 radical (unpaired) electrons. The number of carbonyl (C=O) groups excluding carboxylic acids is 1. The number of piperidine rings is 1. The molecule has 11 nitrogen and oxygen atoms in total. The molecule has 5 rings (SSSR count). The van der Waals surface area contributed by atoms with Crippen molar-refractivity contribution < 1.29 is 24.2 Å². The Morgan fingerprint density at radius 3 is 2.97 bits per heavy atom. The number of anilines is 1. The van der Waals surface area contributed by atoms with Gasteiger partial charge in [-0.1, -0.05) is 11.6 Å². The second kappa shape index (κ2) is 10.7. The molecule has 0 aliphatic carbocycles. The third-order valence-corrected chi connectivity index (χ3v) is 7.06. The number of pyridine rings is 3. The SMILES string of the molecule is COc1ccc2ncc(Cl)c(CC[C@@H]3CC[C@@H](NCc4ccc5c(n4)NC(=O)CO5)CN3C(=O)O)c2n1. The number of nitrogens with one attached hydrogen (secondary N) is 2. The number of hydrogen-bond donors (Lipinski definition) is 3. The summed E-state index contributed by atoms with van der Waals surface area (Å²) in [6.07, 6.45) is 3.36. The fraction of sp³-hybridized carbons (Fsp3) is 0.400. The van der Waals surface area contributed by atoms with E-state index in [9.17, 15) is 14.7 Å². The van der Waals surface area contributed by atoms with Crippen LogP contribution in [-0.2, 0) is 17.8 Å². The van der Waals surface area contributed by atoms with Gasteiger partial charge in [-0.05, 0) is 43.9 Å². The van der Waals surface area contributed by atoms with Crippen LogP contribution in [0.4, 0.5) is 10.6 Å². The summed E-state index contributed by atoms with van der Waals surface area (Å²) < 4.78 is 10.6. The molecule has 2 amide bonds. The summed E-state index contributed by atoms with van der Waals surface area (Å²) in [5, 5.41) is 16.5. The van der Waals surface area contributed by atoms with Crippen molar-refractivity contribution in [2.75, 3.05) is 25.6 Å². The Balaban J connectivity index is 1.22. The topological polar surface area (TPSA) is 139 Å². The molecule has 0 spiro atoms. The Hall–Kier alpha value is -3.70. The van der Waals surface area contributed by atoms with Crippen molar-refractivity contribution in [3.8, 4) is 11.6 Å². The summed E-state index contributed by atoms with van der Waals surface area (Å²) in [5.41, 5.74) is 2.95. The quantitative estimate of drug-likeness (QED) is 0.423. The highest BCUT2D eigenvalue weighted by molar-refractivity contribution is 6.32. The maximum Gasteiger partial charge on any atom is 0.407 e. The molecule has 1 saturated heterocycles. The third-order valence-electron chi connectivity index (χ3n) is 6.73. The third kappa shape index (κ3) is 5.52. The van der Waals surface area contributed by atoms with Gasteiger partial charge in [-0.2, -0.15) is 0 Å². The van der Waals surface area contributed by atoms with Crippen LogP contribution in [-0.4, -0.2) is 69.3 Å². The number of ether oxygens (including phenoxy) is 2. The molecule has 2 atom stereocenters. The van der Waals surface area contributed by atoms with Crippen LogP contribution < -0.4 is 20.1 Å². The predicted molar refractivity (Wildman–Crippen MR) is 136 cm³/mol. The summed E-state index contributed by atoms with van der Waals surface area (Å²) in [6, 6.07) is 7.02. The number of carbonyl (C=O) groups is 2. The summed E-state index contributed by atoms with van der Waals surface area (Å²) in [6.45, 7) is 0.786. The molecule has 12 heteroatoms. The van der Waals surface area contributed by atoms with Gasteiger partial charge in [0.25, 0.3) is 5.91 Å². The number of likely N-dealkylation sites (tertiary alicyclic amines) is 1. The molecule has 0 unspecified atom stereocenters. The molecule has 3 N–H and O–H groups in total. The molecule has 3 aromatic rings. The zero-order valence-corrected chi connectivity index (χ0v) is 21.0. The van der Waals surface area contributed by atoms with Crippen LogP contribution in [0.5, 0.6) is 11.6 Å². The highest BCUT2D eigenvalue weighted by Gasteiger charge is 2.31. The van der Waals surface area contributed by atoms with Crippen LogP contribution in [0.2, 0.25) is 5.02 Å². The summed E-state index contributed by atoms with van der Waals surface area (Å²) >= 11 is 6.47. The summed E-state index contributed by atoms with van der Waals surface area (Å²) in [4.78, 5) is 38.5. The average Bonchev–Trinajstić information content (AvgIpc) is 2.91. The van der Waals surface area contributed by atoms with E-state index in [1.807, 2.05) is 12.1 Å². The van der Waals surface area contributed by atoms with E-state index in [1.54, 1.807) is 25.4 Å². The fourth-order valence-electron chi connectivity index (χ4n) is 4.82. The molecule has 2 aliphatic rings. The van der Waals surface area contributed by atoms with Crippen molar-refractivity contribution >= 4 is 40.5 Å². The molecule has 0 bridgehead atoms. The second-order valence-corrected chi connectivity index (χ2v) is 9.48. The highest BCUT2D eigenvalue weighted by atomic mass is 35.5. The van der Waals surface area contributed by atoms with E-state index in [0.717, 1.165) is 17.7 Å². The summed E-state index contributed by atoms with van der Waals surface area (Å²) in [5.74, 6) is 1.17. The van der Waals surface area contributed by atoms with Gasteiger partial charge < -0.3 is 30.1 Å². The van der Waals surface area contributed by atoms with Crippen molar-refractivity contribution in [3.63, 3.8) is 0 Å². The van der Waals surface area contributed by atoms with Crippen molar-refractivity contribution in [2.45, 2.75) is 44.3 Å². The first kappa shape index (κ1) is 25.0. The van der Waals surface area contributed by atoms with Crippen molar-refractivity contribution in [2.24, 2.45) is 0 Å². The first-order valence-corrected chi connectivity index (χ1v) is 12.4. The minimum Gasteiger partial charge on any atom is -0.481 e. The van der Waals surface area contributed by atoms with E-state index in [-0.39, 0.29) is 24.6 Å². The number of halogens is 1. The van der Waals surface area contributed by atoms with Crippen molar-refractivity contribution in [1.29, 1.82) is 0 Å². The van der Waals surface area contributed by atoms with Gasteiger partial charge in [0.2, 0.25) is 5.88 Å². The number of fused-ring (bicyclic) bond motifs is 2. The van der Waals surface area contributed by atoms with Gasteiger partial charge in [-0.15, -0.1) is 0 Å². The van der Waals surface area contributed by atoms with E-state index in [4.69, 9.17) is 21.1 Å². The monoisotopic (exact) mass is 526 g/mol. The lowest BCUT2D eigenvalue weighted by Gasteiger charge is -2.38. The van der Waals surface area contributed by atoms with Crippen LogP contribution >= 0.6 is 11.6 Å². The number of aryl methyl sites for hydroxylation is 1. The molecular weight excluding hydrogens is 500 g/mol. The Bertz CT molecular complexity index is 1340. The molecule has 0 aromatic carbocycles. The van der Waals surface area contributed by atoms with Crippen molar-refractivity contribution in [1.82, 2.24) is 25.2 Å². The number of hydrogen-bond acceptors (Lipinski definition) is 8. The van der Waals surface area contributed by atoms with Crippen LogP contribution in [0.3, 0.4) is 0 Å². The lowest BCUT2D eigenvalue weighted by atomic mass is 9.93. The van der Waals surface area contributed by atoms with Gasteiger partial charge in [0, 0.05) is 43.0 Å². The number of aromatic nitrogens is 3. The Kier molecular flexibility index (Phi) is 7.24. The minimum atomic E-state index is -0.950. The zero-order valence-electron chi connectivity index (χ0n) is 20.2. The van der Waals surface area contributed by atoms with Gasteiger partial charge in [0.15, 0.2) is 18.2 Å². The molecule has 0 saturated carbocycles. The lowest BCUT2D eigenvalue weighted by molar-refractivity contribution is -0.118. The van der Waals surface area contributed by atoms with E-state index < -0.39 is 6.09 Å². The Morgan fingerprint density at radius 2 is 2.16 bits per heavy atom. The number of methoxy groups -OCH3 is 1. The maximum absolute atomic E-state index is 12.1. The molecular formula is C25H27ClN6O5. The van der Waals surface area contributed by atoms with E-state index >= 15 is 0 Å². The molecule has 3 aromatic heterocycles. The molecule has 194 valence electrons. The second-order valence-electron chi connectivity index (χ2n) is 9.07. The zero-order chi connectivity index (χ0) is 25.9. The number of nitrogens with zero attached hydrogens (tertiary/aromatic N) is 4. The van der Waals surface area contributed by atoms with Crippen LogP contribution in [0.25, 0.3) is 11.0 Å². The van der Waals surface area contributed by atoms with Gasteiger partial charge >= 0.3 is 6.09 Å². The molecule has 2 aliphatic heterocycles. The number of amides is 2. The largest absolute Gasteiger partial charge is 0.481 e. The van der Waals surface area contributed by atoms with Gasteiger partial charge in [-0.25, -0.2) is 14.8 Å². The lowest BCUT2D eigenvalue weighted by Crippen LogP contribution is -2.52. The fourth-order valence-corrected chi connectivity index (χ4v) is 5.05. The average molecular weight is 527 g/mol. The van der Waals surface area contributed by atoms with Gasteiger partial charge in [0.05, 0.1) is 28.9 Å². The molecule has 1 fully saturated rings. The Labute approximate surface area is 218 Å². The molecule has 37 heavy (non-hydrogen) atoms. The standard InChI is InChI=1S/C25H27ClN6O5/c1-36-22-9-7-19-23(31-22)17(18(26)11-28-19)6-5-16-4-2-15(12-32(16)25(34)35)27-10-14-3-8-20-24(29-14)30-21(33)13-37-20/h3,7-9,11,15-16,27H,2,4-6,10,12-13H2,1H3,(H,34,35)(H,29,30,33)/t15-,16+/m1/s1. The first-order valence-electron chi connectivity index (χ1n) is 12.0. The summed E-state index contributed by atoms with van der Waals surface area (Å²) in [7, 11) is 1.55. The Morgan fingerprint density at radius 1 is 1.30 bits per heavy atom. The van der Waals surface area contributed by atoms with Gasteiger partial charge in [0.1, 0.15) is 0 Å². The number of carboxylic acid groups (broad SMARTS) is 1. The maximum atomic E-state index is 12.1. The smallest absolute Gasteiger partial charge is 0.407 e. The highest BCUT2D eigenvalue weighted by Crippen LogP contribution is 2.29.